The van der Waals surface area contributed by atoms with Crippen molar-refractivity contribution in [1.82, 2.24) is 5.32 Å². The number of hydrogen-bond donors (Lipinski definition) is 1. The van der Waals surface area contributed by atoms with E-state index in [1.807, 2.05) is 30.3 Å². The molecule has 1 aliphatic rings. The summed E-state index contributed by atoms with van der Waals surface area (Å²) in [5.41, 5.74) is 4.23. The van der Waals surface area contributed by atoms with Gasteiger partial charge in [-0.15, -0.1) is 0 Å². The van der Waals surface area contributed by atoms with Gasteiger partial charge in [-0.2, -0.15) is 0 Å². The molecule has 0 atom stereocenters. The number of carbonyl (C=O) groups is 1. The fraction of sp³-hybridized carbons (Fsp3) is 0.0714. The van der Waals surface area contributed by atoms with Gasteiger partial charge in [-0.3, -0.25) is 4.79 Å². The van der Waals surface area contributed by atoms with E-state index in [-0.39, 0.29) is 5.91 Å². The van der Waals surface area contributed by atoms with Crippen molar-refractivity contribution >= 4 is 5.91 Å². The minimum Gasteiger partial charge on any atom is -0.348 e. The summed E-state index contributed by atoms with van der Waals surface area (Å²) in [5.74, 6) is 0.0350. The molecule has 3 rings (SSSR count). The van der Waals surface area contributed by atoms with E-state index in [2.05, 4.69) is 23.5 Å². The Kier molecular flexibility index (Phi) is 2.00. The molecule has 16 heavy (non-hydrogen) atoms. The molecule has 1 heterocycles. The molecule has 2 aromatic carbocycles. The van der Waals surface area contributed by atoms with Gasteiger partial charge in [0, 0.05) is 12.1 Å². The van der Waals surface area contributed by atoms with Crippen molar-refractivity contribution in [2.45, 2.75) is 6.54 Å². The quantitative estimate of drug-likeness (QED) is 0.768. The molecule has 0 saturated carbocycles. The molecule has 0 aliphatic carbocycles. The molecule has 0 bridgehead atoms. The van der Waals surface area contributed by atoms with E-state index < -0.39 is 0 Å². The smallest absolute Gasteiger partial charge is 0.251 e. The highest BCUT2D eigenvalue weighted by molar-refractivity contribution is 6.00. The molecular weight excluding hydrogens is 198 g/mol. The van der Waals surface area contributed by atoms with Crippen LogP contribution in [0.15, 0.2) is 48.5 Å². The maximum Gasteiger partial charge on any atom is 0.251 e. The first-order valence-corrected chi connectivity index (χ1v) is 5.32. The van der Waals surface area contributed by atoms with E-state index in [1.165, 1.54) is 0 Å². The van der Waals surface area contributed by atoms with Crippen molar-refractivity contribution in [1.29, 1.82) is 0 Å². The molecule has 1 amide bonds. The molecule has 2 nitrogen and oxygen atoms in total. The first kappa shape index (κ1) is 9.16. The number of fused-ring (bicyclic) bond motifs is 1. The fourth-order valence-electron chi connectivity index (χ4n) is 2.14. The van der Waals surface area contributed by atoms with Crippen LogP contribution in [0.2, 0.25) is 0 Å². The van der Waals surface area contributed by atoms with Crippen molar-refractivity contribution in [3.8, 4) is 11.1 Å². The molecule has 2 heteroatoms. The summed E-state index contributed by atoms with van der Waals surface area (Å²) in [6, 6.07) is 16.0. The third-order valence-corrected chi connectivity index (χ3v) is 2.93. The van der Waals surface area contributed by atoms with Crippen molar-refractivity contribution < 1.29 is 4.79 Å². The Bertz CT molecular complexity index is 546. The highest BCUT2D eigenvalue weighted by Crippen LogP contribution is 2.28. The van der Waals surface area contributed by atoms with Gasteiger partial charge in [-0.1, -0.05) is 42.5 Å². The zero-order chi connectivity index (χ0) is 11.0. The van der Waals surface area contributed by atoms with Gasteiger partial charge >= 0.3 is 0 Å². The second-order valence-corrected chi connectivity index (χ2v) is 3.88. The predicted octanol–water partition coefficient (Wildman–Crippen LogP) is 2.60. The summed E-state index contributed by atoms with van der Waals surface area (Å²) in [4.78, 5) is 11.5. The number of hydrogen-bond acceptors (Lipinski definition) is 1. The van der Waals surface area contributed by atoms with Gasteiger partial charge in [0.15, 0.2) is 0 Å². The Morgan fingerprint density at radius 3 is 2.44 bits per heavy atom. The Morgan fingerprint density at radius 2 is 1.62 bits per heavy atom. The van der Waals surface area contributed by atoms with E-state index in [1.54, 1.807) is 0 Å². The van der Waals surface area contributed by atoms with Crippen LogP contribution in [0.4, 0.5) is 0 Å². The topological polar surface area (TPSA) is 29.1 Å². The maximum absolute atomic E-state index is 11.5. The molecule has 0 spiro atoms. The third-order valence-electron chi connectivity index (χ3n) is 2.93. The Morgan fingerprint density at radius 1 is 0.875 bits per heavy atom. The van der Waals surface area contributed by atoms with Crippen LogP contribution in [0.25, 0.3) is 11.1 Å². The van der Waals surface area contributed by atoms with E-state index in [4.69, 9.17) is 0 Å². The first-order valence-electron chi connectivity index (χ1n) is 5.32. The van der Waals surface area contributed by atoms with E-state index in [9.17, 15) is 4.79 Å². The van der Waals surface area contributed by atoms with Crippen molar-refractivity contribution in [2.75, 3.05) is 0 Å². The standard InChI is InChI=1S/C14H11NO/c16-14-12-8-4-7-11(13(12)9-15-14)10-5-2-1-3-6-10/h1-8H,9H2,(H,15,16). The normalized spacial score (nSPS) is 13.4. The lowest BCUT2D eigenvalue weighted by molar-refractivity contribution is 0.0966. The second kappa shape index (κ2) is 3.49. The van der Waals surface area contributed by atoms with Crippen LogP contribution >= 0.6 is 0 Å². The summed E-state index contributed by atoms with van der Waals surface area (Å²) in [6.07, 6.45) is 0. The highest BCUT2D eigenvalue weighted by atomic mass is 16.1. The van der Waals surface area contributed by atoms with Gasteiger partial charge in [-0.05, 0) is 22.8 Å². The van der Waals surface area contributed by atoms with E-state index in [0.717, 1.165) is 22.3 Å². The zero-order valence-electron chi connectivity index (χ0n) is 8.73. The van der Waals surface area contributed by atoms with E-state index in [0.29, 0.717) is 6.54 Å². The van der Waals surface area contributed by atoms with Gasteiger partial charge < -0.3 is 5.32 Å². The summed E-state index contributed by atoms with van der Waals surface area (Å²) in [6.45, 7) is 0.638. The van der Waals surface area contributed by atoms with Crippen molar-refractivity contribution in [2.24, 2.45) is 0 Å². The van der Waals surface area contributed by atoms with Gasteiger partial charge in [0.25, 0.3) is 5.91 Å². The molecule has 1 N–H and O–H groups in total. The average molecular weight is 209 g/mol. The summed E-state index contributed by atoms with van der Waals surface area (Å²) < 4.78 is 0. The van der Waals surface area contributed by atoms with Crippen LogP contribution in [0.1, 0.15) is 15.9 Å². The van der Waals surface area contributed by atoms with Crippen LogP contribution < -0.4 is 5.32 Å². The van der Waals surface area contributed by atoms with Crippen LogP contribution in [0.5, 0.6) is 0 Å². The zero-order valence-corrected chi connectivity index (χ0v) is 8.73. The first-order chi connectivity index (χ1) is 7.86. The summed E-state index contributed by atoms with van der Waals surface area (Å²) in [5, 5.41) is 2.86. The van der Waals surface area contributed by atoms with Gasteiger partial charge in [-0.25, -0.2) is 0 Å². The lowest BCUT2D eigenvalue weighted by atomic mass is 9.97. The van der Waals surface area contributed by atoms with Crippen molar-refractivity contribution in [3.63, 3.8) is 0 Å². The van der Waals surface area contributed by atoms with Gasteiger partial charge in [0.05, 0.1) is 0 Å². The minimum absolute atomic E-state index is 0.0350. The number of carbonyl (C=O) groups excluding carboxylic acids is 1. The molecule has 78 valence electrons. The minimum atomic E-state index is 0.0350. The Labute approximate surface area is 93.9 Å². The lowest BCUT2D eigenvalue weighted by Crippen LogP contribution is -2.12. The lowest BCUT2D eigenvalue weighted by Gasteiger charge is -2.06. The molecule has 0 saturated heterocycles. The number of rotatable bonds is 1. The molecule has 0 radical (unpaired) electrons. The Hall–Kier alpha value is -2.09. The van der Waals surface area contributed by atoms with Crippen molar-refractivity contribution in [3.05, 3.63) is 59.7 Å². The molecule has 1 aliphatic heterocycles. The SMILES string of the molecule is O=C1NCc2c1cccc2-c1ccccc1. The summed E-state index contributed by atoms with van der Waals surface area (Å²) >= 11 is 0. The monoisotopic (exact) mass is 209 g/mol. The average Bonchev–Trinajstić information content (AvgIpc) is 2.73. The van der Waals surface area contributed by atoms with E-state index >= 15 is 0 Å². The largest absolute Gasteiger partial charge is 0.348 e. The fourth-order valence-corrected chi connectivity index (χ4v) is 2.14. The van der Waals surface area contributed by atoms with Crippen LogP contribution in [-0.4, -0.2) is 5.91 Å². The highest BCUT2D eigenvalue weighted by Gasteiger charge is 2.21. The number of nitrogens with one attached hydrogen (secondary N) is 1. The molecule has 0 aromatic heterocycles. The molecule has 0 unspecified atom stereocenters. The number of amides is 1. The third kappa shape index (κ3) is 1.31. The van der Waals surface area contributed by atoms with Crippen LogP contribution in [0.3, 0.4) is 0 Å². The molecular formula is C14H11NO. The number of benzene rings is 2. The summed E-state index contributed by atoms with van der Waals surface area (Å²) in [7, 11) is 0. The van der Waals surface area contributed by atoms with Gasteiger partial charge in [0.2, 0.25) is 0 Å². The van der Waals surface area contributed by atoms with Crippen LogP contribution in [-0.2, 0) is 6.54 Å². The molecule has 0 fully saturated rings. The van der Waals surface area contributed by atoms with Crippen LogP contribution in [0, 0.1) is 0 Å². The molecule has 2 aromatic rings. The maximum atomic E-state index is 11.5. The second-order valence-electron chi connectivity index (χ2n) is 3.88. The predicted molar refractivity (Wildman–Crippen MR) is 63.0 cm³/mol. The van der Waals surface area contributed by atoms with Gasteiger partial charge in [0.1, 0.15) is 0 Å². The Balaban J connectivity index is 2.20.